The Morgan fingerprint density at radius 2 is 1.37 bits per heavy atom. The van der Waals surface area contributed by atoms with Crippen molar-refractivity contribution in [2.75, 3.05) is 29.5 Å². The third-order valence-electron chi connectivity index (χ3n) is 6.82. The molecule has 3 aromatic heterocycles. The lowest BCUT2D eigenvalue weighted by Crippen LogP contribution is -2.37. The average Bonchev–Trinajstić information content (AvgIpc) is 3.37. The van der Waals surface area contributed by atoms with E-state index < -0.39 is 0 Å². The van der Waals surface area contributed by atoms with E-state index in [-0.39, 0.29) is 5.56 Å². The molecule has 0 atom stereocenters. The summed E-state index contributed by atoms with van der Waals surface area (Å²) in [6, 6.07) is 30.1. The first-order valence-electron chi connectivity index (χ1n) is 12.5. The highest BCUT2D eigenvalue weighted by Gasteiger charge is 2.26. The van der Waals surface area contributed by atoms with Gasteiger partial charge in [0.05, 0.1) is 5.69 Å². The molecule has 1 fully saturated rings. The van der Waals surface area contributed by atoms with Gasteiger partial charge in [-0.3, -0.25) is 4.79 Å². The van der Waals surface area contributed by atoms with Gasteiger partial charge in [0.2, 0.25) is 5.95 Å². The standard InChI is InChI=1S/C30H23N5OS2/c36-29-27-26(31-30(34-16-18-37-19-17-34)35(29)22-14-8-3-9-15-22)24-23(20-10-4-1-5-11-20)25(32-33-28(24)38-27)21-12-6-2-7-13-21/h1-15H,16-19H2. The summed E-state index contributed by atoms with van der Waals surface area (Å²) in [5.74, 6) is 2.70. The third kappa shape index (κ3) is 3.88. The molecule has 7 rings (SSSR count). The summed E-state index contributed by atoms with van der Waals surface area (Å²) in [6.45, 7) is 1.69. The summed E-state index contributed by atoms with van der Waals surface area (Å²) in [6.07, 6.45) is 0. The van der Waals surface area contributed by atoms with Crippen LogP contribution in [0.2, 0.25) is 0 Å². The van der Waals surface area contributed by atoms with Crippen molar-refractivity contribution in [1.29, 1.82) is 0 Å². The largest absolute Gasteiger partial charge is 0.340 e. The number of aromatic nitrogens is 4. The van der Waals surface area contributed by atoms with Crippen LogP contribution in [0.3, 0.4) is 0 Å². The number of para-hydroxylation sites is 1. The highest BCUT2D eigenvalue weighted by Crippen LogP contribution is 2.42. The van der Waals surface area contributed by atoms with Gasteiger partial charge in [-0.1, -0.05) is 78.9 Å². The molecule has 0 unspecified atom stereocenters. The van der Waals surface area contributed by atoms with E-state index in [0.717, 1.165) is 58.1 Å². The molecule has 1 aliphatic rings. The van der Waals surface area contributed by atoms with Gasteiger partial charge in [-0.2, -0.15) is 11.8 Å². The minimum absolute atomic E-state index is 0.0716. The molecule has 0 bridgehead atoms. The molecule has 1 saturated heterocycles. The number of anilines is 1. The molecular formula is C30H23N5OS2. The van der Waals surface area contributed by atoms with E-state index in [1.165, 1.54) is 11.3 Å². The smallest absolute Gasteiger partial charge is 0.277 e. The lowest BCUT2D eigenvalue weighted by molar-refractivity contribution is 0.783. The lowest BCUT2D eigenvalue weighted by atomic mass is 9.97. The fourth-order valence-electron chi connectivity index (χ4n) is 5.03. The minimum atomic E-state index is -0.0716. The first-order chi connectivity index (χ1) is 18.8. The minimum Gasteiger partial charge on any atom is -0.340 e. The van der Waals surface area contributed by atoms with Gasteiger partial charge in [0.25, 0.3) is 5.56 Å². The van der Waals surface area contributed by atoms with Gasteiger partial charge in [0.1, 0.15) is 20.7 Å². The van der Waals surface area contributed by atoms with Crippen molar-refractivity contribution in [1.82, 2.24) is 19.7 Å². The van der Waals surface area contributed by atoms with Gasteiger partial charge < -0.3 is 4.90 Å². The molecule has 4 heterocycles. The molecule has 0 saturated carbocycles. The van der Waals surface area contributed by atoms with Gasteiger partial charge in [0.15, 0.2) is 0 Å². The Kier molecular flexibility index (Phi) is 5.91. The number of rotatable bonds is 4. The molecule has 8 heteroatoms. The van der Waals surface area contributed by atoms with Crippen LogP contribution in [0.25, 0.3) is 48.5 Å². The predicted molar refractivity (Wildman–Crippen MR) is 159 cm³/mol. The molecule has 0 aliphatic carbocycles. The Morgan fingerprint density at radius 1 is 0.737 bits per heavy atom. The quantitative estimate of drug-likeness (QED) is 0.266. The molecule has 0 N–H and O–H groups in total. The van der Waals surface area contributed by atoms with Crippen LogP contribution in [-0.4, -0.2) is 44.3 Å². The van der Waals surface area contributed by atoms with Gasteiger partial charge >= 0.3 is 0 Å². The summed E-state index contributed by atoms with van der Waals surface area (Å²) in [5, 5.41) is 10.2. The third-order valence-corrected chi connectivity index (χ3v) is 8.81. The molecule has 1 aliphatic heterocycles. The van der Waals surface area contributed by atoms with E-state index in [9.17, 15) is 4.79 Å². The maximum Gasteiger partial charge on any atom is 0.277 e. The topological polar surface area (TPSA) is 63.9 Å². The molecule has 0 amide bonds. The van der Waals surface area contributed by atoms with Crippen LogP contribution < -0.4 is 10.5 Å². The summed E-state index contributed by atoms with van der Waals surface area (Å²) in [4.78, 5) is 22.4. The van der Waals surface area contributed by atoms with Crippen LogP contribution >= 0.6 is 23.1 Å². The predicted octanol–water partition coefficient (Wildman–Crippen LogP) is 6.28. The molecule has 6 aromatic rings. The fraction of sp³-hybridized carbons (Fsp3) is 0.133. The molecule has 0 spiro atoms. The molecular weight excluding hydrogens is 510 g/mol. The van der Waals surface area contributed by atoms with Gasteiger partial charge in [-0.05, 0) is 17.7 Å². The second-order valence-corrected chi connectivity index (χ2v) is 11.3. The highest BCUT2D eigenvalue weighted by atomic mass is 32.2. The van der Waals surface area contributed by atoms with Gasteiger partial charge in [0, 0.05) is 41.1 Å². The Bertz CT molecular complexity index is 1810. The van der Waals surface area contributed by atoms with E-state index in [1.807, 2.05) is 90.6 Å². The zero-order valence-electron chi connectivity index (χ0n) is 20.4. The molecule has 186 valence electrons. The second-order valence-electron chi connectivity index (χ2n) is 9.10. The maximum atomic E-state index is 14.2. The van der Waals surface area contributed by atoms with Crippen LogP contribution in [0.1, 0.15) is 0 Å². The number of nitrogens with zero attached hydrogens (tertiary/aromatic N) is 5. The lowest BCUT2D eigenvalue weighted by Gasteiger charge is -2.29. The monoisotopic (exact) mass is 533 g/mol. The normalized spacial score (nSPS) is 13.8. The van der Waals surface area contributed by atoms with Crippen molar-refractivity contribution >= 4 is 49.5 Å². The fourth-order valence-corrected chi connectivity index (χ4v) is 6.94. The van der Waals surface area contributed by atoms with E-state index in [0.29, 0.717) is 21.0 Å². The van der Waals surface area contributed by atoms with Crippen molar-refractivity contribution in [2.45, 2.75) is 0 Å². The van der Waals surface area contributed by atoms with E-state index in [1.54, 1.807) is 4.57 Å². The Balaban J connectivity index is 1.60. The van der Waals surface area contributed by atoms with Crippen LogP contribution in [0.15, 0.2) is 95.8 Å². The second kappa shape index (κ2) is 9.70. The van der Waals surface area contributed by atoms with Gasteiger partial charge in [-0.15, -0.1) is 21.5 Å². The van der Waals surface area contributed by atoms with Crippen molar-refractivity contribution in [3.63, 3.8) is 0 Å². The van der Waals surface area contributed by atoms with Crippen molar-refractivity contribution < 1.29 is 0 Å². The first-order valence-corrected chi connectivity index (χ1v) is 14.5. The summed E-state index contributed by atoms with van der Waals surface area (Å²) < 4.78 is 2.36. The zero-order valence-corrected chi connectivity index (χ0v) is 22.1. The molecule has 3 aromatic carbocycles. The van der Waals surface area contributed by atoms with Crippen molar-refractivity contribution in [3.8, 4) is 28.1 Å². The van der Waals surface area contributed by atoms with Crippen LogP contribution in [0, 0.1) is 0 Å². The highest BCUT2D eigenvalue weighted by molar-refractivity contribution is 7.99. The number of hydrogen-bond donors (Lipinski definition) is 0. The van der Waals surface area contributed by atoms with Crippen LogP contribution in [0.4, 0.5) is 5.95 Å². The summed E-state index contributed by atoms with van der Waals surface area (Å²) >= 11 is 3.31. The van der Waals surface area contributed by atoms with Gasteiger partial charge in [-0.25, -0.2) is 9.55 Å². The molecule has 0 radical (unpaired) electrons. The Morgan fingerprint density at radius 3 is 2.05 bits per heavy atom. The van der Waals surface area contributed by atoms with E-state index >= 15 is 0 Å². The van der Waals surface area contributed by atoms with Crippen molar-refractivity contribution in [2.24, 2.45) is 0 Å². The van der Waals surface area contributed by atoms with Crippen LogP contribution in [0.5, 0.6) is 0 Å². The Hall–Kier alpha value is -4.01. The number of thioether (sulfide) groups is 1. The number of thiophene rings is 1. The Labute approximate surface area is 227 Å². The summed E-state index contributed by atoms with van der Waals surface area (Å²) in [5.41, 5.74) is 5.18. The van der Waals surface area contributed by atoms with E-state index in [2.05, 4.69) is 27.2 Å². The number of hydrogen-bond acceptors (Lipinski definition) is 7. The van der Waals surface area contributed by atoms with Crippen LogP contribution in [-0.2, 0) is 0 Å². The number of benzene rings is 3. The summed E-state index contributed by atoms with van der Waals surface area (Å²) in [7, 11) is 0. The average molecular weight is 534 g/mol. The molecule has 6 nitrogen and oxygen atoms in total. The maximum absolute atomic E-state index is 14.2. The van der Waals surface area contributed by atoms with Crippen molar-refractivity contribution in [3.05, 3.63) is 101 Å². The van der Waals surface area contributed by atoms with E-state index in [4.69, 9.17) is 4.98 Å². The number of fused-ring (bicyclic) bond motifs is 3. The SMILES string of the molecule is O=c1c2sc3nnc(-c4ccccc4)c(-c4ccccc4)c3c2nc(N2CCSCC2)n1-c1ccccc1. The first kappa shape index (κ1) is 23.1. The molecule has 38 heavy (non-hydrogen) atoms. The zero-order chi connectivity index (χ0) is 25.5.